The lowest BCUT2D eigenvalue weighted by Gasteiger charge is -2.26. The molecule has 0 aliphatic rings. The molecule has 3 nitrogen and oxygen atoms in total. The second-order valence-electron chi connectivity index (χ2n) is 12.3. The molecule has 6 aromatic carbocycles. The third kappa shape index (κ3) is 4.78. The van der Waals surface area contributed by atoms with E-state index in [1.807, 2.05) is 41.1 Å². The molecule has 0 atom stereocenters. The topological polar surface area (TPSA) is 29.0 Å². The van der Waals surface area contributed by atoms with E-state index in [2.05, 4.69) is 155 Å². The van der Waals surface area contributed by atoms with Crippen LogP contribution in [0.15, 0.2) is 164 Å². The molecule has 0 spiro atoms. The molecule has 4 aromatic heterocycles. The normalized spacial score (nSPS) is 11.7. The SMILES string of the molecule is c1cnc2cc(N(c3ccc(-c4ccc(-c5cccc6c5sc5ccccc56)nc4)cc3)c3ccc4sc5ccccc5c4c3)ccc2c1. The van der Waals surface area contributed by atoms with E-state index in [9.17, 15) is 0 Å². The van der Waals surface area contributed by atoms with Crippen LogP contribution in [-0.2, 0) is 0 Å². The van der Waals surface area contributed by atoms with Gasteiger partial charge in [0.1, 0.15) is 0 Å². The first-order chi connectivity index (χ1) is 24.3. The molecular weight excluding hydrogens is 635 g/mol. The fraction of sp³-hybridized carbons (Fsp3) is 0. The largest absolute Gasteiger partial charge is 0.310 e. The van der Waals surface area contributed by atoms with Crippen LogP contribution in [0.25, 0.3) is 73.6 Å². The molecule has 0 aliphatic heterocycles. The minimum Gasteiger partial charge on any atom is -0.310 e. The van der Waals surface area contributed by atoms with E-state index < -0.39 is 0 Å². The number of benzene rings is 6. The molecule has 0 radical (unpaired) electrons. The van der Waals surface area contributed by atoms with Gasteiger partial charge in [-0.2, -0.15) is 0 Å². The van der Waals surface area contributed by atoms with Gasteiger partial charge in [-0.05, 0) is 72.3 Å². The van der Waals surface area contributed by atoms with E-state index in [-0.39, 0.29) is 0 Å². The number of nitrogens with zero attached hydrogens (tertiary/aromatic N) is 3. The van der Waals surface area contributed by atoms with Gasteiger partial charge in [-0.15, -0.1) is 22.7 Å². The average Bonchev–Trinajstić information content (AvgIpc) is 3.74. The Bertz CT molecular complexity index is 2830. The molecule has 0 N–H and O–H groups in total. The molecule has 49 heavy (non-hydrogen) atoms. The molecule has 230 valence electrons. The Kier molecular flexibility index (Phi) is 6.54. The number of fused-ring (bicyclic) bond motifs is 7. The number of rotatable bonds is 5. The van der Waals surface area contributed by atoms with Crippen LogP contribution in [0, 0.1) is 0 Å². The van der Waals surface area contributed by atoms with Crippen LogP contribution >= 0.6 is 22.7 Å². The van der Waals surface area contributed by atoms with E-state index in [1.54, 1.807) is 0 Å². The first kappa shape index (κ1) is 28.2. The highest BCUT2D eigenvalue weighted by Crippen LogP contribution is 2.42. The monoisotopic (exact) mass is 661 g/mol. The lowest BCUT2D eigenvalue weighted by Crippen LogP contribution is -2.10. The van der Waals surface area contributed by atoms with Crippen molar-refractivity contribution in [3.05, 3.63) is 164 Å². The predicted octanol–water partition coefficient (Wildman–Crippen LogP) is 13.2. The summed E-state index contributed by atoms with van der Waals surface area (Å²) in [6.45, 7) is 0. The van der Waals surface area contributed by atoms with Gasteiger partial charge >= 0.3 is 0 Å². The van der Waals surface area contributed by atoms with Crippen LogP contribution in [-0.4, -0.2) is 9.97 Å². The Balaban J connectivity index is 1.03. The average molecular weight is 662 g/mol. The number of pyridine rings is 2. The summed E-state index contributed by atoms with van der Waals surface area (Å²) in [6.07, 6.45) is 3.86. The second kappa shape index (κ2) is 11.4. The van der Waals surface area contributed by atoms with Crippen molar-refractivity contribution in [2.45, 2.75) is 0 Å². The lowest BCUT2D eigenvalue weighted by atomic mass is 10.0. The smallest absolute Gasteiger partial charge is 0.0722 e. The Morgan fingerprint density at radius 1 is 0.449 bits per heavy atom. The predicted molar refractivity (Wildman–Crippen MR) is 211 cm³/mol. The zero-order valence-corrected chi connectivity index (χ0v) is 27.9. The summed E-state index contributed by atoms with van der Waals surface area (Å²) in [6, 6.07) is 54.4. The van der Waals surface area contributed by atoms with Crippen LogP contribution in [0.1, 0.15) is 0 Å². The molecule has 10 aromatic rings. The van der Waals surface area contributed by atoms with Gasteiger partial charge in [-0.3, -0.25) is 9.97 Å². The summed E-state index contributed by atoms with van der Waals surface area (Å²) in [5.74, 6) is 0. The van der Waals surface area contributed by atoms with Gasteiger partial charge < -0.3 is 4.90 Å². The van der Waals surface area contributed by atoms with Crippen molar-refractivity contribution in [1.82, 2.24) is 9.97 Å². The van der Waals surface area contributed by atoms with E-state index in [4.69, 9.17) is 4.98 Å². The van der Waals surface area contributed by atoms with Crippen molar-refractivity contribution in [2.75, 3.05) is 4.90 Å². The van der Waals surface area contributed by atoms with Gasteiger partial charge in [-0.25, -0.2) is 0 Å². The van der Waals surface area contributed by atoms with E-state index >= 15 is 0 Å². The summed E-state index contributed by atoms with van der Waals surface area (Å²) in [7, 11) is 0. The van der Waals surface area contributed by atoms with Gasteiger partial charge in [-0.1, -0.05) is 84.9 Å². The van der Waals surface area contributed by atoms with Crippen molar-refractivity contribution < 1.29 is 0 Å². The van der Waals surface area contributed by atoms with E-state index in [1.165, 1.54) is 45.9 Å². The summed E-state index contributed by atoms with van der Waals surface area (Å²) < 4.78 is 5.19. The summed E-state index contributed by atoms with van der Waals surface area (Å²) in [5, 5.41) is 6.28. The zero-order valence-electron chi connectivity index (χ0n) is 26.2. The second-order valence-corrected chi connectivity index (χ2v) is 14.4. The van der Waals surface area contributed by atoms with Crippen LogP contribution in [0.4, 0.5) is 17.1 Å². The zero-order chi connectivity index (χ0) is 32.3. The molecule has 5 heteroatoms. The minimum absolute atomic E-state index is 0.973. The van der Waals surface area contributed by atoms with Gasteiger partial charge in [0.2, 0.25) is 0 Å². The van der Waals surface area contributed by atoms with Crippen molar-refractivity contribution in [2.24, 2.45) is 0 Å². The Morgan fingerprint density at radius 3 is 1.98 bits per heavy atom. The third-order valence-corrected chi connectivity index (χ3v) is 11.7. The molecule has 0 saturated carbocycles. The summed E-state index contributed by atoms with van der Waals surface area (Å²) >= 11 is 3.68. The van der Waals surface area contributed by atoms with Gasteiger partial charge in [0, 0.05) is 86.3 Å². The van der Waals surface area contributed by atoms with E-state index in [0.717, 1.165) is 44.8 Å². The molecule has 0 amide bonds. The Hall–Kier alpha value is -5.88. The maximum atomic E-state index is 4.97. The number of aromatic nitrogens is 2. The van der Waals surface area contributed by atoms with Crippen LogP contribution in [0.2, 0.25) is 0 Å². The number of hydrogen-bond acceptors (Lipinski definition) is 5. The van der Waals surface area contributed by atoms with Crippen molar-refractivity contribution in [1.29, 1.82) is 0 Å². The van der Waals surface area contributed by atoms with Crippen LogP contribution in [0.3, 0.4) is 0 Å². The Morgan fingerprint density at radius 2 is 1.14 bits per heavy atom. The maximum Gasteiger partial charge on any atom is 0.0722 e. The summed E-state index contributed by atoms with van der Waals surface area (Å²) in [4.78, 5) is 12.0. The summed E-state index contributed by atoms with van der Waals surface area (Å²) in [5.41, 5.74) is 8.62. The van der Waals surface area contributed by atoms with Crippen molar-refractivity contribution in [3.63, 3.8) is 0 Å². The highest BCUT2D eigenvalue weighted by Gasteiger charge is 2.16. The van der Waals surface area contributed by atoms with Gasteiger partial charge in [0.05, 0.1) is 11.2 Å². The molecule has 10 rings (SSSR count). The standard InChI is InChI=1S/C44H27N3S2/c1-4-13-42-34(8-1)36-10-5-11-37(44(36)49-42)39-22-17-30(27-46-39)28-14-18-31(19-15-28)47(33-20-16-29-7-6-24-45-40(29)26-33)32-21-23-43-38(25-32)35-9-2-3-12-41(35)48-43/h1-27H. The number of anilines is 3. The molecule has 0 bridgehead atoms. The Labute approximate surface area is 291 Å². The highest BCUT2D eigenvalue weighted by molar-refractivity contribution is 7.26. The first-order valence-electron chi connectivity index (χ1n) is 16.3. The molecule has 0 unspecified atom stereocenters. The van der Waals surface area contributed by atoms with Crippen molar-refractivity contribution in [3.8, 4) is 22.4 Å². The van der Waals surface area contributed by atoms with Gasteiger partial charge in [0.25, 0.3) is 0 Å². The number of thiophene rings is 2. The highest BCUT2D eigenvalue weighted by atomic mass is 32.1. The van der Waals surface area contributed by atoms with Crippen molar-refractivity contribution >= 4 is 91.0 Å². The maximum absolute atomic E-state index is 4.97. The first-order valence-corrected chi connectivity index (χ1v) is 17.9. The molecule has 4 heterocycles. The van der Waals surface area contributed by atoms with Crippen LogP contribution in [0.5, 0.6) is 0 Å². The fourth-order valence-electron chi connectivity index (χ4n) is 6.97. The molecule has 0 saturated heterocycles. The molecular formula is C44H27N3S2. The molecule has 0 fully saturated rings. The quantitative estimate of drug-likeness (QED) is 0.184. The minimum atomic E-state index is 0.973. The number of hydrogen-bond donors (Lipinski definition) is 0. The lowest BCUT2D eigenvalue weighted by molar-refractivity contribution is 1.29. The van der Waals surface area contributed by atoms with Crippen LogP contribution < -0.4 is 4.90 Å². The van der Waals surface area contributed by atoms with E-state index in [0.29, 0.717) is 0 Å². The molecule has 0 aliphatic carbocycles. The van der Waals surface area contributed by atoms with Gasteiger partial charge in [0.15, 0.2) is 0 Å². The fourth-order valence-corrected chi connectivity index (χ4v) is 9.28. The third-order valence-electron chi connectivity index (χ3n) is 9.37.